The minimum atomic E-state index is -0.208. The van der Waals surface area contributed by atoms with Gasteiger partial charge in [0, 0.05) is 32.7 Å². The first-order valence-corrected chi connectivity index (χ1v) is 7.94. The number of urea groups is 1. The van der Waals surface area contributed by atoms with E-state index in [1.54, 1.807) is 31.6 Å². The average molecular weight is 331 g/mol. The Balaban J connectivity index is 1.43. The SMILES string of the molecule is Cn1ncc(N2CCC(CNC(=O)NCc3ccco3)C2)cc1=O. The molecule has 8 nitrogen and oxygen atoms in total. The van der Waals surface area contributed by atoms with Gasteiger partial charge in [-0.2, -0.15) is 5.10 Å². The standard InChI is InChI=1S/C16H21N5O3/c1-20-15(22)7-13(9-19-20)21-5-4-12(11-21)8-17-16(23)18-10-14-3-2-6-24-14/h2-3,6-7,9,12H,4-5,8,10-11H2,1H3,(H2,17,18,23). The molecule has 3 rings (SSSR count). The Hall–Kier alpha value is -2.77. The molecule has 128 valence electrons. The van der Waals surface area contributed by atoms with Gasteiger partial charge in [0.25, 0.3) is 5.56 Å². The third-order valence-corrected chi connectivity index (χ3v) is 4.16. The molecule has 8 heteroatoms. The van der Waals surface area contributed by atoms with Crippen LogP contribution in [0, 0.1) is 5.92 Å². The third-order valence-electron chi connectivity index (χ3n) is 4.16. The van der Waals surface area contributed by atoms with Crippen LogP contribution in [0.25, 0.3) is 0 Å². The van der Waals surface area contributed by atoms with Crippen molar-refractivity contribution in [2.75, 3.05) is 24.5 Å². The number of aromatic nitrogens is 2. The van der Waals surface area contributed by atoms with Crippen molar-refractivity contribution in [3.8, 4) is 0 Å². The molecule has 24 heavy (non-hydrogen) atoms. The summed E-state index contributed by atoms with van der Waals surface area (Å²) in [7, 11) is 1.63. The molecule has 2 N–H and O–H groups in total. The van der Waals surface area contributed by atoms with Gasteiger partial charge >= 0.3 is 6.03 Å². The Kier molecular flexibility index (Phi) is 4.83. The van der Waals surface area contributed by atoms with Gasteiger partial charge in [-0.05, 0) is 24.5 Å². The lowest BCUT2D eigenvalue weighted by Gasteiger charge is -2.18. The van der Waals surface area contributed by atoms with Gasteiger partial charge in [0.05, 0.1) is 24.7 Å². The van der Waals surface area contributed by atoms with Gasteiger partial charge < -0.3 is 20.0 Å². The molecule has 1 saturated heterocycles. The second kappa shape index (κ2) is 7.20. The van der Waals surface area contributed by atoms with Gasteiger partial charge in [0.2, 0.25) is 0 Å². The second-order valence-corrected chi connectivity index (χ2v) is 5.92. The smallest absolute Gasteiger partial charge is 0.315 e. The topological polar surface area (TPSA) is 92.4 Å². The molecule has 2 aromatic heterocycles. The second-order valence-electron chi connectivity index (χ2n) is 5.92. The summed E-state index contributed by atoms with van der Waals surface area (Å²) in [6.45, 7) is 2.62. The highest BCUT2D eigenvalue weighted by Crippen LogP contribution is 2.21. The predicted octanol–water partition coefficient (Wildman–Crippen LogP) is 0.699. The highest BCUT2D eigenvalue weighted by atomic mass is 16.3. The number of furan rings is 1. The fourth-order valence-corrected chi connectivity index (χ4v) is 2.75. The summed E-state index contributed by atoms with van der Waals surface area (Å²) < 4.78 is 6.47. The van der Waals surface area contributed by atoms with Crippen LogP contribution < -0.4 is 21.1 Å². The molecule has 0 bridgehead atoms. The van der Waals surface area contributed by atoms with Crippen LogP contribution in [-0.2, 0) is 13.6 Å². The van der Waals surface area contributed by atoms with Gasteiger partial charge in [-0.25, -0.2) is 9.48 Å². The maximum Gasteiger partial charge on any atom is 0.315 e. The van der Waals surface area contributed by atoms with Crippen LogP contribution in [0.1, 0.15) is 12.2 Å². The van der Waals surface area contributed by atoms with Crippen molar-refractivity contribution in [1.29, 1.82) is 0 Å². The predicted molar refractivity (Wildman–Crippen MR) is 88.7 cm³/mol. The molecule has 1 atom stereocenters. The largest absolute Gasteiger partial charge is 0.467 e. The number of nitrogens with one attached hydrogen (secondary N) is 2. The van der Waals surface area contributed by atoms with Crippen molar-refractivity contribution in [3.63, 3.8) is 0 Å². The quantitative estimate of drug-likeness (QED) is 0.841. The van der Waals surface area contributed by atoms with Gasteiger partial charge in [-0.1, -0.05) is 0 Å². The highest BCUT2D eigenvalue weighted by Gasteiger charge is 2.23. The van der Waals surface area contributed by atoms with E-state index < -0.39 is 0 Å². The van der Waals surface area contributed by atoms with Crippen LogP contribution in [0.3, 0.4) is 0 Å². The zero-order chi connectivity index (χ0) is 16.9. The fourth-order valence-electron chi connectivity index (χ4n) is 2.75. The van der Waals surface area contributed by atoms with Crippen LogP contribution >= 0.6 is 0 Å². The number of carbonyl (C=O) groups is 1. The number of aryl methyl sites for hydroxylation is 1. The average Bonchev–Trinajstić information content (AvgIpc) is 3.25. The Morgan fingerprint density at radius 1 is 1.46 bits per heavy atom. The molecule has 2 aromatic rings. The maximum absolute atomic E-state index is 11.8. The van der Waals surface area contributed by atoms with E-state index in [0.717, 1.165) is 31.0 Å². The van der Waals surface area contributed by atoms with E-state index in [1.165, 1.54) is 4.68 Å². The summed E-state index contributed by atoms with van der Waals surface area (Å²) in [4.78, 5) is 25.6. The van der Waals surface area contributed by atoms with Crippen LogP contribution in [-0.4, -0.2) is 35.4 Å². The molecule has 2 amide bonds. The highest BCUT2D eigenvalue weighted by molar-refractivity contribution is 5.73. The fraction of sp³-hybridized carbons (Fsp3) is 0.438. The molecule has 3 heterocycles. The van der Waals surface area contributed by atoms with Crippen molar-refractivity contribution in [1.82, 2.24) is 20.4 Å². The Labute approximate surface area is 139 Å². The minimum Gasteiger partial charge on any atom is -0.467 e. The Morgan fingerprint density at radius 3 is 3.08 bits per heavy atom. The van der Waals surface area contributed by atoms with Crippen LogP contribution in [0.2, 0.25) is 0 Å². The number of carbonyl (C=O) groups excluding carboxylic acids is 1. The number of anilines is 1. The lowest BCUT2D eigenvalue weighted by atomic mass is 10.1. The summed E-state index contributed by atoms with van der Waals surface area (Å²) in [5.74, 6) is 1.07. The number of hydrogen-bond donors (Lipinski definition) is 2. The summed E-state index contributed by atoms with van der Waals surface area (Å²) in [5, 5.41) is 9.68. The molecule has 1 fully saturated rings. The van der Waals surface area contributed by atoms with Gasteiger partial charge in [0.1, 0.15) is 5.76 Å². The van der Waals surface area contributed by atoms with Gasteiger partial charge in [-0.15, -0.1) is 0 Å². The summed E-state index contributed by atoms with van der Waals surface area (Å²) >= 11 is 0. The van der Waals surface area contributed by atoms with Crippen molar-refractivity contribution < 1.29 is 9.21 Å². The first-order chi connectivity index (χ1) is 11.6. The van der Waals surface area contributed by atoms with E-state index in [9.17, 15) is 9.59 Å². The van der Waals surface area contributed by atoms with E-state index in [2.05, 4.69) is 20.6 Å². The molecule has 0 aromatic carbocycles. The first-order valence-electron chi connectivity index (χ1n) is 7.94. The van der Waals surface area contributed by atoms with Gasteiger partial charge in [-0.3, -0.25) is 4.79 Å². The number of rotatable bonds is 5. The Bertz CT molecular complexity index is 740. The van der Waals surface area contributed by atoms with E-state index in [0.29, 0.717) is 19.0 Å². The minimum absolute atomic E-state index is 0.119. The number of nitrogens with zero attached hydrogens (tertiary/aromatic N) is 3. The van der Waals surface area contributed by atoms with Gasteiger partial charge in [0.15, 0.2) is 0 Å². The molecule has 0 radical (unpaired) electrons. The summed E-state index contributed by atoms with van der Waals surface area (Å²) in [6.07, 6.45) is 4.24. The molecule has 0 spiro atoms. The van der Waals surface area contributed by atoms with Crippen molar-refractivity contribution in [3.05, 3.63) is 46.8 Å². The van der Waals surface area contributed by atoms with Crippen molar-refractivity contribution >= 4 is 11.7 Å². The molecule has 0 saturated carbocycles. The van der Waals surface area contributed by atoms with E-state index in [4.69, 9.17) is 4.42 Å². The Morgan fingerprint density at radius 2 is 2.33 bits per heavy atom. The number of amides is 2. The zero-order valence-corrected chi connectivity index (χ0v) is 13.6. The first kappa shape index (κ1) is 16.1. The monoisotopic (exact) mass is 331 g/mol. The summed E-state index contributed by atoms with van der Waals surface area (Å²) in [5.41, 5.74) is 0.717. The van der Waals surface area contributed by atoms with E-state index in [1.807, 2.05) is 6.07 Å². The van der Waals surface area contributed by atoms with E-state index in [-0.39, 0.29) is 11.6 Å². The number of hydrogen-bond acceptors (Lipinski definition) is 5. The van der Waals surface area contributed by atoms with E-state index >= 15 is 0 Å². The van der Waals surface area contributed by atoms with Crippen molar-refractivity contribution in [2.24, 2.45) is 13.0 Å². The molecule has 0 aliphatic carbocycles. The molecular formula is C16H21N5O3. The molecular weight excluding hydrogens is 310 g/mol. The normalized spacial score (nSPS) is 17.0. The zero-order valence-electron chi connectivity index (χ0n) is 13.6. The lowest BCUT2D eigenvalue weighted by molar-refractivity contribution is 0.238. The maximum atomic E-state index is 11.8. The molecule has 1 aliphatic rings. The van der Waals surface area contributed by atoms with Crippen LogP contribution in [0.4, 0.5) is 10.5 Å². The lowest BCUT2D eigenvalue weighted by Crippen LogP contribution is -2.38. The summed E-state index contributed by atoms with van der Waals surface area (Å²) in [6, 6.07) is 4.99. The van der Waals surface area contributed by atoms with Crippen LogP contribution in [0.15, 0.2) is 39.9 Å². The molecule has 1 unspecified atom stereocenters. The third kappa shape index (κ3) is 3.95. The van der Waals surface area contributed by atoms with Crippen LogP contribution in [0.5, 0.6) is 0 Å². The van der Waals surface area contributed by atoms with Crippen molar-refractivity contribution in [2.45, 2.75) is 13.0 Å². The molecule has 1 aliphatic heterocycles.